The number of rotatable bonds is 3. The predicted molar refractivity (Wildman–Crippen MR) is 90.9 cm³/mol. The van der Waals surface area contributed by atoms with E-state index in [-0.39, 0.29) is 10.8 Å². The number of halogens is 1. The maximum atomic E-state index is 12.5. The van der Waals surface area contributed by atoms with Crippen molar-refractivity contribution < 1.29 is 13.2 Å². The van der Waals surface area contributed by atoms with Crippen molar-refractivity contribution in [1.82, 2.24) is 4.98 Å². The first-order chi connectivity index (χ1) is 10.9. The van der Waals surface area contributed by atoms with Crippen LogP contribution in [0.4, 0.5) is 11.4 Å². The van der Waals surface area contributed by atoms with Crippen LogP contribution in [0.25, 0.3) is 0 Å². The highest BCUT2D eigenvalue weighted by Crippen LogP contribution is 2.30. The summed E-state index contributed by atoms with van der Waals surface area (Å²) in [5.41, 5.74) is 2.03. The number of nitrogens with one attached hydrogen (secondary N) is 1. The van der Waals surface area contributed by atoms with Crippen LogP contribution in [0.3, 0.4) is 0 Å². The van der Waals surface area contributed by atoms with E-state index in [0.29, 0.717) is 23.3 Å². The first kappa shape index (κ1) is 15.9. The van der Waals surface area contributed by atoms with Gasteiger partial charge in [0.15, 0.2) is 0 Å². The largest absolute Gasteiger partial charge is 0.312 e. The van der Waals surface area contributed by atoms with Gasteiger partial charge in [0.1, 0.15) is 4.60 Å². The van der Waals surface area contributed by atoms with Crippen LogP contribution in [0.1, 0.15) is 12.5 Å². The lowest BCUT2D eigenvalue weighted by Crippen LogP contribution is -2.25. The van der Waals surface area contributed by atoms with E-state index in [1.165, 1.54) is 19.2 Å². The SMILES string of the molecule is CC(=O)N1CCc2cc(S(=O)(=O)Nc3ccc(Br)nc3)ccc21. The smallest absolute Gasteiger partial charge is 0.261 e. The molecule has 0 atom stereocenters. The lowest BCUT2D eigenvalue weighted by Gasteiger charge is -2.15. The number of anilines is 2. The van der Waals surface area contributed by atoms with E-state index in [1.54, 1.807) is 29.2 Å². The summed E-state index contributed by atoms with van der Waals surface area (Å²) in [5, 5.41) is 0. The highest BCUT2D eigenvalue weighted by atomic mass is 79.9. The number of carbonyl (C=O) groups excluding carboxylic acids is 1. The van der Waals surface area contributed by atoms with Crippen LogP contribution in [-0.4, -0.2) is 25.9 Å². The molecule has 120 valence electrons. The zero-order valence-corrected chi connectivity index (χ0v) is 14.7. The number of amides is 1. The van der Waals surface area contributed by atoms with Crippen LogP contribution in [0.15, 0.2) is 46.0 Å². The van der Waals surface area contributed by atoms with Crippen molar-refractivity contribution in [1.29, 1.82) is 0 Å². The van der Waals surface area contributed by atoms with Crippen LogP contribution in [0.2, 0.25) is 0 Å². The van der Waals surface area contributed by atoms with Gasteiger partial charge in [-0.2, -0.15) is 0 Å². The number of sulfonamides is 1. The fourth-order valence-electron chi connectivity index (χ4n) is 2.52. The summed E-state index contributed by atoms with van der Waals surface area (Å²) in [7, 11) is -3.69. The number of nitrogens with zero attached hydrogens (tertiary/aromatic N) is 2. The van der Waals surface area contributed by atoms with E-state index in [1.807, 2.05) is 0 Å². The summed E-state index contributed by atoms with van der Waals surface area (Å²) in [5.74, 6) is -0.0431. The molecule has 1 aliphatic rings. The van der Waals surface area contributed by atoms with Gasteiger partial charge in [0.25, 0.3) is 10.0 Å². The minimum Gasteiger partial charge on any atom is -0.312 e. The Bertz CT molecular complexity index is 866. The minimum atomic E-state index is -3.69. The van der Waals surface area contributed by atoms with Crippen molar-refractivity contribution in [2.24, 2.45) is 0 Å². The van der Waals surface area contributed by atoms with Crippen molar-refractivity contribution in [2.45, 2.75) is 18.2 Å². The predicted octanol–water partition coefficient (Wildman–Crippen LogP) is 2.55. The van der Waals surface area contributed by atoms with Gasteiger partial charge < -0.3 is 4.90 Å². The molecule has 2 aromatic rings. The number of fused-ring (bicyclic) bond motifs is 1. The standard InChI is InChI=1S/C15H14BrN3O3S/c1-10(20)19-7-6-11-8-13(3-4-14(11)19)23(21,22)18-12-2-5-15(16)17-9-12/h2-5,8-9,18H,6-7H2,1H3. The van der Waals surface area contributed by atoms with E-state index in [9.17, 15) is 13.2 Å². The lowest BCUT2D eigenvalue weighted by atomic mass is 10.2. The van der Waals surface area contributed by atoms with Crippen LogP contribution in [0.5, 0.6) is 0 Å². The second kappa shape index (κ2) is 5.93. The normalized spacial score (nSPS) is 13.7. The number of aromatic nitrogens is 1. The summed E-state index contributed by atoms with van der Waals surface area (Å²) in [6.45, 7) is 2.08. The Labute approximate surface area is 142 Å². The first-order valence-electron chi connectivity index (χ1n) is 6.92. The molecule has 0 fully saturated rings. The average Bonchev–Trinajstić information content (AvgIpc) is 2.92. The topological polar surface area (TPSA) is 79.4 Å². The highest BCUT2D eigenvalue weighted by molar-refractivity contribution is 9.10. The van der Waals surface area contributed by atoms with E-state index in [4.69, 9.17) is 0 Å². The van der Waals surface area contributed by atoms with E-state index >= 15 is 0 Å². The first-order valence-corrected chi connectivity index (χ1v) is 9.20. The fraction of sp³-hybridized carbons (Fsp3) is 0.200. The monoisotopic (exact) mass is 395 g/mol. The Balaban J connectivity index is 1.89. The van der Waals surface area contributed by atoms with Crippen LogP contribution >= 0.6 is 15.9 Å². The third-order valence-corrected chi connectivity index (χ3v) is 5.46. The second-order valence-electron chi connectivity index (χ2n) is 5.19. The molecule has 0 aliphatic carbocycles. The molecule has 1 aliphatic heterocycles. The summed E-state index contributed by atoms with van der Waals surface area (Å²) in [6, 6.07) is 8.09. The molecule has 1 aromatic heterocycles. The molecule has 23 heavy (non-hydrogen) atoms. The third kappa shape index (κ3) is 3.23. The molecule has 2 heterocycles. The maximum absolute atomic E-state index is 12.5. The summed E-state index contributed by atoms with van der Waals surface area (Å²) in [4.78, 5) is 17.4. The van der Waals surface area contributed by atoms with Gasteiger partial charge in [0.05, 0.1) is 16.8 Å². The molecule has 1 N–H and O–H groups in total. The van der Waals surface area contributed by atoms with Crippen molar-refractivity contribution >= 4 is 43.2 Å². The summed E-state index contributed by atoms with van der Waals surface area (Å²) < 4.78 is 28.1. The molecule has 1 amide bonds. The molecular weight excluding hydrogens is 382 g/mol. The Morgan fingerprint density at radius 2 is 2.09 bits per heavy atom. The molecule has 1 aromatic carbocycles. The van der Waals surface area contributed by atoms with Crippen molar-refractivity contribution in [2.75, 3.05) is 16.2 Å². The van der Waals surface area contributed by atoms with E-state index in [0.717, 1.165) is 11.3 Å². The second-order valence-corrected chi connectivity index (χ2v) is 7.68. The minimum absolute atomic E-state index is 0.0431. The molecule has 0 unspecified atom stereocenters. The number of pyridine rings is 1. The van der Waals surface area contributed by atoms with Gasteiger partial charge in [-0.25, -0.2) is 13.4 Å². The summed E-state index contributed by atoms with van der Waals surface area (Å²) >= 11 is 3.20. The maximum Gasteiger partial charge on any atom is 0.261 e. The van der Waals surface area contributed by atoms with Crippen molar-refractivity contribution in [3.05, 3.63) is 46.7 Å². The molecule has 0 bridgehead atoms. The van der Waals surface area contributed by atoms with E-state index in [2.05, 4.69) is 25.6 Å². The van der Waals surface area contributed by atoms with Gasteiger partial charge in [0, 0.05) is 19.2 Å². The van der Waals surface area contributed by atoms with Crippen LogP contribution < -0.4 is 9.62 Å². The van der Waals surface area contributed by atoms with Gasteiger partial charge in [-0.1, -0.05) is 0 Å². The number of hydrogen-bond acceptors (Lipinski definition) is 4. The molecule has 3 rings (SSSR count). The quantitative estimate of drug-likeness (QED) is 0.809. The Hall–Kier alpha value is -1.93. The highest BCUT2D eigenvalue weighted by Gasteiger charge is 2.24. The molecule has 0 saturated heterocycles. The lowest BCUT2D eigenvalue weighted by molar-refractivity contribution is -0.116. The Morgan fingerprint density at radius 1 is 1.30 bits per heavy atom. The molecule has 8 heteroatoms. The van der Waals surface area contributed by atoms with Crippen LogP contribution in [-0.2, 0) is 21.2 Å². The van der Waals surface area contributed by atoms with Gasteiger partial charge >= 0.3 is 0 Å². The van der Waals surface area contributed by atoms with Crippen molar-refractivity contribution in [3.63, 3.8) is 0 Å². The molecule has 6 nitrogen and oxygen atoms in total. The number of benzene rings is 1. The van der Waals surface area contributed by atoms with Gasteiger partial charge in [0.2, 0.25) is 5.91 Å². The zero-order chi connectivity index (χ0) is 16.6. The summed E-state index contributed by atoms with van der Waals surface area (Å²) in [6.07, 6.45) is 2.09. The Kier molecular flexibility index (Phi) is 4.11. The van der Waals surface area contributed by atoms with Crippen molar-refractivity contribution in [3.8, 4) is 0 Å². The number of hydrogen-bond donors (Lipinski definition) is 1. The number of carbonyl (C=O) groups is 1. The fourth-order valence-corrected chi connectivity index (χ4v) is 3.85. The Morgan fingerprint density at radius 3 is 2.74 bits per heavy atom. The zero-order valence-electron chi connectivity index (χ0n) is 12.3. The molecule has 0 saturated carbocycles. The average molecular weight is 396 g/mol. The van der Waals surface area contributed by atoms with Gasteiger partial charge in [-0.3, -0.25) is 9.52 Å². The third-order valence-electron chi connectivity index (χ3n) is 3.62. The molecule has 0 radical (unpaired) electrons. The van der Waals surface area contributed by atoms with Crippen LogP contribution in [0, 0.1) is 0 Å². The van der Waals surface area contributed by atoms with E-state index < -0.39 is 10.0 Å². The molecule has 0 spiro atoms. The molecular formula is C15H14BrN3O3S. The van der Waals surface area contributed by atoms with Gasteiger partial charge in [-0.05, 0) is 58.2 Å². The van der Waals surface area contributed by atoms with Gasteiger partial charge in [-0.15, -0.1) is 0 Å².